The highest BCUT2D eigenvalue weighted by molar-refractivity contribution is 6.29. The SMILES string of the molecule is CC(C)c1nn(C(=O)NC(C)(C)C)c(=O)n1N.CCc1cccc(C)c1N(COC(C)C)C(=O)CCl. The van der Waals surface area contributed by atoms with Crippen LogP contribution in [0.3, 0.4) is 0 Å². The Labute approximate surface area is 218 Å². The van der Waals surface area contributed by atoms with Crippen LogP contribution in [0.5, 0.6) is 0 Å². The summed E-state index contributed by atoms with van der Waals surface area (Å²) in [6.07, 6.45) is 0.935. The van der Waals surface area contributed by atoms with Gasteiger partial charge in [-0.15, -0.1) is 21.4 Å². The van der Waals surface area contributed by atoms with Crippen molar-refractivity contribution in [2.45, 2.75) is 86.3 Å². The molecule has 1 heterocycles. The molecule has 10 nitrogen and oxygen atoms in total. The fourth-order valence-electron chi connectivity index (χ4n) is 3.24. The van der Waals surface area contributed by atoms with E-state index in [-0.39, 0.29) is 30.5 Å². The van der Waals surface area contributed by atoms with Gasteiger partial charge in [-0.3, -0.25) is 9.69 Å². The Bertz CT molecular complexity index is 1090. The first kappa shape index (κ1) is 31.2. The summed E-state index contributed by atoms with van der Waals surface area (Å²) in [6.45, 7) is 17.3. The minimum atomic E-state index is -0.643. The Hall–Kier alpha value is -2.85. The number of nitrogen functional groups attached to an aromatic ring is 1. The van der Waals surface area contributed by atoms with Crippen LogP contribution >= 0.6 is 11.6 Å². The monoisotopic (exact) mass is 524 g/mol. The highest BCUT2D eigenvalue weighted by Gasteiger charge is 2.22. The van der Waals surface area contributed by atoms with Crippen LogP contribution < -0.4 is 21.7 Å². The van der Waals surface area contributed by atoms with Crippen molar-refractivity contribution in [3.05, 3.63) is 45.6 Å². The molecule has 0 saturated carbocycles. The molecule has 0 aliphatic rings. The van der Waals surface area contributed by atoms with Gasteiger partial charge in [0.1, 0.15) is 12.6 Å². The number of benzene rings is 1. The first-order valence-electron chi connectivity index (χ1n) is 12.0. The number of ether oxygens (including phenoxy) is 1. The maximum atomic E-state index is 12.1. The first-order valence-corrected chi connectivity index (χ1v) is 12.5. The minimum absolute atomic E-state index is 0.0311. The van der Waals surface area contributed by atoms with Crippen LogP contribution in [0.4, 0.5) is 10.5 Å². The number of alkyl halides is 1. The molecule has 0 aliphatic heterocycles. The second kappa shape index (κ2) is 13.5. The molecule has 0 radical (unpaired) electrons. The molecular formula is C25H41ClN6O4. The molecule has 0 unspecified atom stereocenters. The first-order chi connectivity index (χ1) is 16.6. The highest BCUT2D eigenvalue weighted by atomic mass is 35.5. The van der Waals surface area contributed by atoms with E-state index in [0.717, 1.165) is 32.6 Å². The molecule has 0 fully saturated rings. The third-order valence-corrected chi connectivity index (χ3v) is 5.18. The van der Waals surface area contributed by atoms with E-state index in [9.17, 15) is 14.4 Å². The molecule has 1 aromatic heterocycles. The number of carbonyl (C=O) groups is 2. The lowest BCUT2D eigenvalue weighted by molar-refractivity contribution is -0.117. The summed E-state index contributed by atoms with van der Waals surface area (Å²) in [5, 5.41) is 6.57. The molecule has 0 spiro atoms. The number of halogens is 1. The average Bonchev–Trinajstić information content (AvgIpc) is 3.08. The minimum Gasteiger partial charge on any atom is -0.358 e. The predicted molar refractivity (Wildman–Crippen MR) is 144 cm³/mol. The molecule has 2 amide bonds. The Balaban J connectivity index is 0.000000362. The van der Waals surface area contributed by atoms with Crippen LogP contribution in [0.2, 0.25) is 0 Å². The fraction of sp³-hybridized carbons (Fsp3) is 0.600. The largest absolute Gasteiger partial charge is 0.373 e. The van der Waals surface area contributed by atoms with Crippen LogP contribution in [0.25, 0.3) is 0 Å². The van der Waals surface area contributed by atoms with E-state index in [1.807, 2.05) is 73.6 Å². The number of nitrogens with zero attached hydrogens (tertiary/aromatic N) is 4. The second-order valence-electron chi connectivity index (χ2n) is 9.99. The van der Waals surface area contributed by atoms with Crippen molar-refractivity contribution >= 4 is 29.2 Å². The van der Waals surface area contributed by atoms with E-state index in [0.29, 0.717) is 5.82 Å². The van der Waals surface area contributed by atoms with Gasteiger partial charge in [0, 0.05) is 11.5 Å². The molecule has 0 bridgehead atoms. The summed E-state index contributed by atoms with van der Waals surface area (Å²) < 4.78 is 7.23. The lowest BCUT2D eigenvalue weighted by Crippen LogP contribution is -2.47. The number of amides is 2. The molecule has 3 N–H and O–H groups in total. The Morgan fingerprint density at radius 3 is 2.28 bits per heavy atom. The number of nitrogens with two attached hydrogens (primary N) is 1. The number of hydrogen-bond donors (Lipinski definition) is 2. The van der Waals surface area contributed by atoms with Crippen molar-refractivity contribution in [2.24, 2.45) is 0 Å². The maximum absolute atomic E-state index is 12.1. The zero-order valence-corrected chi connectivity index (χ0v) is 23.6. The molecule has 1 aromatic carbocycles. The van der Waals surface area contributed by atoms with E-state index in [1.165, 1.54) is 0 Å². The predicted octanol–water partition coefficient (Wildman–Crippen LogP) is 3.75. The van der Waals surface area contributed by atoms with Gasteiger partial charge in [-0.1, -0.05) is 39.0 Å². The maximum Gasteiger partial charge on any atom is 0.373 e. The van der Waals surface area contributed by atoms with E-state index < -0.39 is 17.3 Å². The summed E-state index contributed by atoms with van der Waals surface area (Å²) in [5.41, 5.74) is 2.04. The molecule has 2 rings (SSSR count). The third kappa shape index (κ3) is 8.67. The van der Waals surface area contributed by atoms with Gasteiger partial charge in [-0.25, -0.2) is 9.59 Å². The standard InChI is InChI=1S/C15H22ClNO2.C10H19N5O2/c1-5-13-8-6-7-12(4)15(13)17(14(18)9-16)10-19-11(2)3;1-6(2)7-13-15(9(17)14(7)11)8(16)12-10(3,4)5/h6-8,11H,5,9-10H2,1-4H3;6H,11H2,1-5H3,(H,12,16). The fourth-order valence-corrected chi connectivity index (χ4v) is 3.39. The van der Waals surface area contributed by atoms with Gasteiger partial charge in [-0.05, 0) is 59.1 Å². The summed E-state index contributed by atoms with van der Waals surface area (Å²) in [4.78, 5) is 37.2. The lowest BCUT2D eigenvalue weighted by Gasteiger charge is -2.27. The summed E-state index contributed by atoms with van der Waals surface area (Å²) in [5.74, 6) is 5.71. The highest BCUT2D eigenvalue weighted by Crippen LogP contribution is 2.26. The van der Waals surface area contributed by atoms with Gasteiger partial charge in [0.25, 0.3) is 0 Å². The van der Waals surface area contributed by atoms with Crippen LogP contribution in [0.15, 0.2) is 23.0 Å². The molecule has 11 heteroatoms. The molecule has 202 valence electrons. The number of para-hydroxylation sites is 1. The number of hydrogen-bond acceptors (Lipinski definition) is 6. The number of anilines is 1. The van der Waals surface area contributed by atoms with E-state index in [1.54, 1.807) is 4.90 Å². The zero-order valence-electron chi connectivity index (χ0n) is 22.9. The van der Waals surface area contributed by atoms with E-state index >= 15 is 0 Å². The second-order valence-corrected chi connectivity index (χ2v) is 10.3. The van der Waals surface area contributed by atoms with Crippen molar-refractivity contribution in [3.8, 4) is 0 Å². The van der Waals surface area contributed by atoms with E-state index in [2.05, 4.69) is 17.3 Å². The number of aromatic nitrogens is 3. The number of nitrogens with one attached hydrogen (secondary N) is 1. The van der Waals surface area contributed by atoms with Crippen molar-refractivity contribution in [1.82, 2.24) is 19.8 Å². The van der Waals surface area contributed by atoms with Gasteiger partial charge in [0.2, 0.25) is 5.91 Å². The topological polar surface area (TPSA) is 124 Å². The third-order valence-electron chi connectivity index (χ3n) is 4.95. The van der Waals surface area contributed by atoms with Crippen LogP contribution in [-0.2, 0) is 16.0 Å². The van der Waals surface area contributed by atoms with Crippen LogP contribution in [0.1, 0.15) is 78.3 Å². The Morgan fingerprint density at radius 1 is 1.22 bits per heavy atom. The number of aryl methyl sites for hydroxylation is 2. The van der Waals surface area contributed by atoms with Crippen LogP contribution in [0, 0.1) is 6.92 Å². The van der Waals surface area contributed by atoms with Gasteiger partial charge < -0.3 is 15.9 Å². The van der Waals surface area contributed by atoms with Crippen molar-refractivity contribution in [1.29, 1.82) is 0 Å². The van der Waals surface area contributed by atoms with E-state index in [4.69, 9.17) is 22.2 Å². The molecular weight excluding hydrogens is 484 g/mol. The normalized spacial score (nSPS) is 11.3. The average molecular weight is 525 g/mol. The Kier molecular flexibility index (Phi) is 11.7. The molecule has 0 saturated heterocycles. The van der Waals surface area contributed by atoms with Gasteiger partial charge in [-0.2, -0.15) is 4.68 Å². The quantitative estimate of drug-likeness (QED) is 0.323. The molecule has 0 atom stereocenters. The molecule has 36 heavy (non-hydrogen) atoms. The van der Waals surface area contributed by atoms with Gasteiger partial charge >= 0.3 is 11.7 Å². The smallest absolute Gasteiger partial charge is 0.358 e. The van der Waals surface area contributed by atoms with Crippen LogP contribution in [-0.4, -0.2) is 50.6 Å². The zero-order chi connectivity index (χ0) is 27.8. The summed E-state index contributed by atoms with van der Waals surface area (Å²) >= 11 is 5.71. The van der Waals surface area contributed by atoms with Gasteiger partial charge in [0.05, 0.1) is 11.8 Å². The molecule has 0 aliphatic carbocycles. The summed E-state index contributed by atoms with van der Waals surface area (Å²) in [7, 11) is 0. The van der Waals surface area contributed by atoms with Crippen molar-refractivity contribution in [3.63, 3.8) is 0 Å². The lowest BCUT2D eigenvalue weighted by atomic mass is 10.0. The van der Waals surface area contributed by atoms with Crippen molar-refractivity contribution < 1.29 is 14.3 Å². The van der Waals surface area contributed by atoms with Gasteiger partial charge in [0.15, 0.2) is 5.82 Å². The molecule has 2 aromatic rings. The summed E-state index contributed by atoms with van der Waals surface area (Å²) in [6, 6.07) is 5.46. The number of carbonyl (C=O) groups excluding carboxylic acids is 2. The van der Waals surface area contributed by atoms with Crippen molar-refractivity contribution in [2.75, 3.05) is 23.4 Å². The number of rotatable bonds is 7. The Morgan fingerprint density at radius 2 is 1.83 bits per heavy atom.